The summed E-state index contributed by atoms with van der Waals surface area (Å²) in [7, 11) is -4.07. The van der Waals surface area contributed by atoms with Gasteiger partial charge >= 0.3 is 0 Å². The van der Waals surface area contributed by atoms with Crippen molar-refractivity contribution in [3.8, 4) is 0 Å². The molecular weight excluding hydrogens is 362 g/mol. The summed E-state index contributed by atoms with van der Waals surface area (Å²) < 4.78 is 39.8. The summed E-state index contributed by atoms with van der Waals surface area (Å²) >= 11 is 17.5. The summed E-state index contributed by atoms with van der Waals surface area (Å²) in [4.78, 5) is -0.331. The fraction of sp³-hybridized carbons (Fsp3) is 0. The second-order valence-electron chi connectivity index (χ2n) is 4.07. The van der Waals surface area contributed by atoms with Crippen LogP contribution in [0.1, 0.15) is 0 Å². The summed E-state index contributed by atoms with van der Waals surface area (Å²) in [5, 5.41) is 0.356. The minimum Gasteiger partial charge on any atom is -0.399 e. The molecule has 0 amide bonds. The predicted molar refractivity (Wildman–Crippen MR) is 83.1 cm³/mol. The van der Waals surface area contributed by atoms with Crippen molar-refractivity contribution >= 4 is 56.2 Å². The molecular formula is C12H8Cl3FN2O2S. The van der Waals surface area contributed by atoms with Gasteiger partial charge in [0.1, 0.15) is 5.82 Å². The quantitative estimate of drug-likeness (QED) is 0.630. The molecule has 2 rings (SSSR count). The van der Waals surface area contributed by atoms with E-state index in [-0.39, 0.29) is 31.3 Å². The monoisotopic (exact) mass is 368 g/mol. The molecule has 0 aromatic heterocycles. The van der Waals surface area contributed by atoms with Crippen molar-refractivity contribution in [3.63, 3.8) is 0 Å². The van der Waals surface area contributed by atoms with E-state index < -0.39 is 15.8 Å². The first kappa shape index (κ1) is 16.2. The third kappa shape index (κ3) is 3.71. The minimum absolute atomic E-state index is 0.0180. The van der Waals surface area contributed by atoms with Gasteiger partial charge in [-0.2, -0.15) is 0 Å². The van der Waals surface area contributed by atoms with Crippen LogP contribution in [0.3, 0.4) is 0 Å². The van der Waals surface area contributed by atoms with E-state index >= 15 is 0 Å². The van der Waals surface area contributed by atoms with E-state index in [1.807, 2.05) is 0 Å². The Hall–Kier alpha value is -1.21. The van der Waals surface area contributed by atoms with Gasteiger partial charge in [0.25, 0.3) is 10.0 Å². The Balaban J connectivity index is 2.44. The average Bonchev–Trinajstić information content (AvgIpc) is 2.34. The maximum absolute atomic E-state index is 13.3. The molecule has 0 bridgehead atoms. The third-order valence-corrected chi connectivity index (χ3v) is 4.84. The molecule has 0 aliphatic heterocycles. The maximum atomic E-state index is 13.3. The van der Waals surface area contributed by atoms with Gasteiger partial charge in [-0.3, -0.25) is 4.72 Å². The number of hydrogen-bond acceptors (Lipinski definition) is 3. The lowest BCUT2D eigenvalue weighted by atomic mass is 10.3. The first-order valence-electron chi connectivity index (χ1n) is 5.42. The van der Waals surface area contributed by atoms with Crippen molar-refractivity contribution in [2.45, 2.75) is 4.90 Å². The van der Waals surface area contributed by atoms with Crippen LogP contribution in [-0.2, 0) is 10.0 Å². The summed E-state index contributed by atoms with van der Waals surface area (Å²) in [6.45, 7) is 0. The van der Waals surface area contributed by atoms with Gasteiger partial charge in [-0.1, -0.05) is 34.8 Å². The van der Waals surface area contributed by atoms with E-state index in [2.05, 4.69) is 4.72 Å². The molecule has 0 saturated heterocycles. The first-order chi connectivity index (χ1) is 9.69. The van der Waals surface area contributed by atoms with Crippen LogP contribution in [0.5, 0.6) is 0 Å². The van der Waals surface area contributed by atoms with Crippen LogP contribution < -0.4 is 10.5 Å². The summed E-state index contributed by atoms with van der Waals surface area (Å²) in [6.07, 6.45) is 0. The van der Waals surface area contributed by atoms with Crippen molar-refractivity contribution in [2.75, 3.05) is 10.5 Å². The zero-order chi connectivity index (χ0) is 15.8. The number of rotatable bonds is 3. The van der Waals surface area contributed by atoms with Crippen molar-refractivity contribution < 1.29 is 12.8 Å². The predicted octanol–water partition coefficient (Wildman–Crippen LogP) is 4.17. The van der Waals surface area contributed by atoms with Gasteiger partial charge in [-0.05, 0) is 30.3 Å². The van der Waals surface area contributed by atoms with E-state index in [0.29, 0.717) is 0 Å². The lowest BCUT2D eigenvalue weighted by molar-refractivity contribution is 0.595. The molecule has 0 atom stereocenters. The molecule has 2 aromatic carbocycles. The van der Waals surface area contributed by atoms with E-state index in [9.17, 15) is 12.8 Å². The molecule has 4 nitrogen and oxygen atoms in total. The Labute approximate surface area is 135 Å². The fourth-order valence-electron chi connectivity index (χ4n) is 1.54. The standard InChI is InChI=1S/C12H8Cl3FN2O2S/c13-9-4-11(15)12(5-10(9)14)18-21(19,20)8-2-6(16)1-7(17)3-8/h1-5,18H,17H2. The molecule has 0 aliphatic rings. The van der Waals surface area contributed by atoms with Crippen molar-refractivity contribution in [2.24, 2.45) is 0 Å². The second-order valence-corrected chi connectivity index (χ2v) is 6.98. The van der Waals surface area contributed by atoms with Crippen molar-refractivity contribution in [1.29, 1.82) is 0 Å². The molecule has 0 unspecified atom stereocenters. The van der Waals surface area contributed by atoms with Gasteiger partial charge in [-0.25, -0.2) is 12.8 Å². The van der Waals surface area contributed by atoms with Gasteiger partial charge in [0.05, 0.1) is 25.7 Å². The summed E-state index contributed by atoms with van der Waals surface area (Å²) in [5.74, 6) is -0.768. The number of anilines is 2. The molecule has 2 aromatic rings. The molecule has 0 radical (unpaired) electrons. The molecule has 0 spiro atoms. The highest BCUT2D eigenvalue weighted by Crippen LogP contribution is 2.33. The van der Waals surface area contributed by atoms with Crippen LogP contribution in [0.2, 0.25) is 15.1 Å². The van der Waals surface area contributed by atoms with Crippen LogP contribution in [0, 0.1) is 5.82 Å². The number of nitrogens with two attached hydrogens (primary N) is 1. The van der Waals surface area contributed by atoms with E-state index in [1.54, 1.807) is 0 Å². The van der Waals surface area contributed by atoms with Crippen LogP contribution >= 0.6 is 34.8 Å². The molecule has 0 fully saturated rings. The van der Waals surface area contributed by atoms with Gasteiger partial charge in [0.2, 0.25) is 0 Å². The molecule has 0 saturated carbocycles. The van der Waals surface area contributed by atoms with E-state index in [4.69, 9.17) is 40.5 Å². The number of nitrogen functional groups attached to an aromatic ring is 1. The number of nitrogens with one attached hydrogen (secondary N) is 1. The lowest BCUT2D eigenvalue weighted by Crippen LogP contribution is -2.14. The zero-order valence-corrected chi connectivity index (χ0v) is 13.3. The van der Waals surface area contributed by atoms with Gasteiger partial charge in [0, 0.05) is 5.69 Å². The maximum Gasteiger partial charge on any atom is 0.262 e. The lowest BCUT2D eigenvalue weighted by Gasteiger charge is -2.11. The number of halogens is 4. The van der Waals surface area contributed by atoms with Crippen LogP contribution in [0.4, 0.5) is 15.8 Å². The Morgan fingerprint density at radius 1 is 0.952 bits per heavy atom. The molecule has 0 heterocycles. The van der Waals surface area contributed by atoms with Crippen molar-refractivity contribution in [1.82, 2.24) is 0 Å². The number of benzene rings is 2. The fourth-order valence-corrected chi connectivity index (χ4v) is 3.33. The Morgan fingerprint density at radius 2 is 1.57 bits per heavy atom. The van der Waals surface area contributed by atoms with Crippen molar-refractivity contribution in [3.05, 3.63) is 51.2 Å². The van der Waals surface area contributed by atoms with Crippen LogP contribution in [-0.4, -0.2) is 8.42 Å². The Bertz CT molecular complexity index is 792. The topological polar surface area (TPSA) is 72.2 Å². The normalized spacial score (nSPS) is 11.4. The molecule has 3 N–H and O–H groups in total. The number of hydrogen-bond donors (Lipinski definition) is 2. The first-order valence-corrected chi connectivity index (χ1v) is 8.04. The molecule has 0 aliphatic carbocycles. The Morgan fingerprint density at radius 3 is 2.19 bits per heavy atom. The van der Waals surface area contributed by atoms with E-state index in [0.717, 1.165) is 18.2 Å². The van der Waals surface area contributed by atoms with Crippen LogP contribution in [0.15, 0.2) is 35.2 Å². The Kier molecular flexibility index (Phi) is 4.53. The summed E-state index contributed by atoms with van der Waals surface area (Å²) in [5.41, 5.74) is 5.43. The van der Waals surface area contributed by atoms with Gasteiger partial charge in [-0.15, -0.1) is 0 Å². The zero-order valence-electron chi connectivity index (χ0n) is 10.2. The highest BCUT2D eigenvalue weighted by Gasteiger charge is 2.18. The molecule has 21 heavy (non-hydrogen) atoms. The van der Waals surface area contributed by atoms with Gasteiger partial charge in [0.15, 0.2) is 0 Å². The second kappa shape index (κ2) is 5.88. The SMILES string of the molecule is Nc1cc(F)cc(S(=O)(=O)Nc2cc(Cl)c(Cl)cc2Cl)c1. The average molecular weight is 370 g/mol. The largest absolute Gasteiger partial charge is 0.399 e. The molecule has 9 heteroatoms. The summed E-state index contributed by atoms with van der Waals surface area (Å²) in [6, 6.07) is 5.52. The molecule has 112 valence electrons. The van der Waals surface area contributed by atoms with Crippen LogP contribution in [0.25, 0.3) is 0 Å². The number of sulfonamides is 1. The van der Waals surface area contributed by atoms with Gasteiger partial charge < -0.3 is 5.73 Å². The highest BCUT2D eigenvalue weighted by molar-refractivity contribution is 7.92. The minimum atomic E-state index is -4.07. The highest BCUT2D eigenvalue weighted by atomic mass is 35.5. The third-order valence-electron chi connectivity index (χ3n) is 2.46. The smallest absolute Gasteiger partial charge is 0.262 e. The van der Waals surface area contributed by atoms with E-state index in [1.165, 1.54) is 12.1 Å².